The minimum absolute atomic E-state index is 0.222. The number of esters is 1. The molecule has 1 aromatic rings. The van der Waals surface area contributed by atoms with E-state index in [4.69, 9.17) is 17.0 Å². The van der Waals surface area contributed by atoms with Crippen molar-refractivity contribution in [2.45, 2.75) is 39.5 Å². The number of carbonyl (C=O) groups is 1. The predicted molar refractivity (Wildman–Crippen MR) is 111 cm³/mol. The zero-order valence-electron chi connectivity index (χ0n) is 16.0. The highest BCUT2D eigenvalue weighted by molar-refractivity contribution is 7.80. The summed E-state index contributed by atoms with van der Waals surface area (Å²) in [4.78, 5) is 18.5. The Balaban J connectivity index is 1.82. The van der Waals surface area contributed by atoms with Gasteiger partial charge in [0.25, 0.3) is 0 Å². The van der Waals surface area contributed by atoms with Crippen molar-refractivity contribution in [3.05, 3.63) is 16.0 Å². The molecule has 2 aliphatic rings. The van der Waals surface area contributed by atoms with Crippen molar-refractivity contribution >= 4 is 39.6 Å². The Morgan fingerprint density at radius 2 is 2.15 bits per heavy atom. The lowest BCUT2D eigenvalue weighted by Crippen LogP contribution is -2.37. The van der Waals surface area contributed by atoms with Crippen molar-refractivity contribution in [2.75, 3.05) is 45.2 Å². The van der Waals surface area contributed by atoms with Gasteiger partial charge in [-0.25, -0.2) is 4.79 Å². The van der Waals surface area contributed by atoms with Gasteiger partial charge >= 0.3 is 5.97 Å². The number of thiophene rings is 1. The molecule has 0 bridgehead atoms. The smallest absolute Gasteiger partial charge is 0.341 e. The van der Waals surface area contributed by atoms with Crippen LogP contribution >= 0.6 is 23.6 Å². The summed E-state index contributed by atoms with van der Waals surface area (Å²) in [6, 6.07) is 0. The topological polar surface area (TPSA) is 44.8 Å². The van der Waals surface area contributed by atoms with Gasteiger partial charge in [0.15, 0.2) is 5.11 Å². The second kappa shape index (κ2) is 8.67. The zero-order chi connectivity index (χ0) is 18.7. The first-order chi connectivity index (χ1) is 12.5. The van der Waals surface area contributed by atoms with Gasteiger partial charge in [0, 0.05) is 24.5 Å². The summed E-state index contributed by atoms with van der Waals surface area (Å²) in [6.07, 6.45) is 4.21. The molecular formula is C19H29N3O2S2. The molecule has 0 saturated carbocycles. The third-order valence-corrected chi connectivity index (χ3v) is 6.75. The lowest BCUT2D eigenvalue weighted by atomic mass is 9.88. The number of hydrogen-bond acceptors (Lipinski definition) is 5. The number of carbonyl (C=O) groups excluding carboxylic acids is 1. The standard InChI is InChI=1S/C19H29N3O2S2/c1-4-24-18(23)16-14-7-6-13(2)12-15(14)26-17(16)20-19(25)22-9-5-8-21(3)10-11-22/h13H,4-12H2,1-3H3,(H,20,25)/t13-/m1/s1. The molecule has 26 heavy (non-hydrogen) atoms. The maximum Gasteiger partial charge on any atom is 0.341 e. The van der Waals surface area contributed by atoms with E-state index in [1.54, 1.807) is 11.3 Å². The molecule has 0 spiro atoms. The molecule has 1 fully saturated rings. The number of rotatable bonds is 3. The van der Waals surface area contributed by atoms with Gasteiger partial charge in [0.05, 0.1) is 12.2 Å². The van der Waals surface area contributed by atoms with Gasteiger partial charge in [-0.2, -0.15) is 0 Å². The number of hydrogen-bond donors (Lipinski definition) is 1. The van der Waals surface area contributed by atoms with Gasteiger partial charge in [-0.15, -0.1) is 11.3 Å². The molecule has 7 heteroatoms. The van der Waals surface area contributed by atoms with Gasteiger partial charge in [-0.1, -0.05) is 6.92 Å². The number of fused-ring (bicyclic) bond motifs is 1. The van der Waals surface area contributed by atoms with Gasteiger partial charge in [-0.05, 0) is 69.9 Å². The third-order valence-electron chi connectivity index (χ3n) is 5.22. The molecule has 3 rings (SSSR count). The highest BCUT2D eigenvalue weighted by Crippen LogP contribution is 2.40. The highest BCUT2D eigenvalue weighted by Gasteiger charge is 2.29. The molecule has 0 radical (unpaired) electrons. The molecule has 0 aromatic carbocycles. The van der Waals surface area contributed by atoms with Gasteiger partial charge in [-0.3, -0.25) is 0 Å². The summed E-state index contributed by atoms with van der Waals surface area (Å²) in [5.74, 6) is 0.442. The second-order valence-electron chi connectivity index (χ2n) is 7.35. The summed E-state index contributed by atoms with van der Waals surface area (Å²) < 4.78 is 5.35. The molecule has 5 nitrogen and oxygen atoms in total. The summed E-state index contributed by atoms with van der Waals surface area (Å²) in [6.45, 7) is 8.49. The fourth-order valence-electron chi connectivity index (χ4n) is 3.68. The molecule has 0 amide bonds. The quantitative estimate of drug-likeness (QED) is 0.625. The summed E-state index contributed by atoms with van der Waals surface area (Å²) in [5.41, 5.74) is 1.89. The number of ether oxygens (including phenoxy) is 1. The number of nitrogens with one attached hydrogen (secondary N) is 1. The molecule has 1 aromatic heterocycles. The Morgan fingerprint density at radius 3 is 2.92 bits per heavy atom. The van der Waals surface area contributed by atoms with Crippen molar-refractivity contribution in [1.29, 1.82) is 0 Å². The minimum atomic E-state index is -0.222. The number of anilines is 1. The van der Waals surface area contributed by atoms with Crippen LogP contribution in [0.5, 0.6) is 0 Å². The van der Waals surface area contributed by atoms with Crippen LogP contribution in [0.2, 0.25) is 0 Å². The van der Waals surface area contributed by atoms with Crippen LogP contribution in [-0.4, -0.2) is 60.7 Å². The van der Waals surface area contributed by atoms with Crippen LogP contribution in [0, 0.1) is 5.92 Å². The van der Waals surface area contributed by atoms with E-state index >= 15 is 0 Å². The third kappa shape index (κ3) is 4.38. The fraction of sp³-hybridized carbons (Fsp3) is 0.684. The van der Waals surface area contributed by atoms with Crippen molar-refractivity contribution in [1.82, 2.24) is 9.80 Å². The van der Waals surface area contributed by atoms with Crippen LogP contribution in [0.1, 0.15) is 47.5 Å². The van der Waals surface area contributed by atoms with E-state index in [0.717, 1.165) is 62.0 Å². The lowest BCUT2D eigenvalue weighted by Gasteiger charge is -2.24. The van der Waals surface area contributed by atoms with Crippen molar-refractivity contribution in [3.8, 4) is 0 Å². The average molecular weight is 396 g/mol. The van der Waals surface area contributed by atoms with Crippen molar-refractivity contribution < 1.29 is 9.53 Å². The fourth-order valence-corrected chi connectivity index (χ4v) is 5.43. The monoisotopic (exact) mass is 395 g/mol. The molecule has 0 unspecified atom stereocenters. The first-order valence-electron chi connectivity index (χ1n) is 9.55. The zero-order valence-corrected chi connectivity index (χ0v) is 17.6. The Hall–Kier alpha value is -1.18. The van der Waals surface area contributed by atoms with Crippen molar-refractivity contribution in [2.24, 2.45) is 5.92 Å². The molecule has 1 aliphatic carbocycles. The van der Waals surface area contributed by atoms with E-state index in [-0.39, 0.29) is 5.97 Å². The Morgan fingerprint density at radius 1 is 1.35 bits per heavy atom. The number of likely N-dealkylation sites (N-methyl/N-ethyl adjacent to an activating group) is 1. The molecule has 1 aliphatic heterocycles. The SMILES string of the molecule is CCOC(=O)c1c(NC(=S)N2CCCN(C)CC2)sc2c1CC[C@@H](C)C2. The average Bonchev–Trinajstić information content (AvgIpc) is 2.78. The van der Waals surface area contributed by atoms with Gasteiger partial charge in [0.2, 0.25) is 0 Å². The van der Waals surface area contributed by atoms with E-state index < -0.39 is 0 Å². The first kappa shape index (κ1) is 19.6. The van der Waals surface area contributed by atoms with Gasteiger partial charge in [0.1, 0.15) is 5.00 Å². The highest BCUT2D eigenvalue weighted by atomic mass is 32.1. The van der Waals surface area contributed by atoms with E-state index in [1.807, 2.05) is 6.92 Å². The number of nitrogens with zero attached hydrogens (tertiary/aromatic N) is 2. The minimum Gasteiger partial charge on any atom is -0.462 e. The van der Waals surface area contributed by atoms with Gasteiger partial charge < -0.3 is 19.9 Å². The maximum absolute atomic E-state index is 12.6. The Kier molecular flexibility index (Phi) is 6.53. The molecule has 144 valence electrons. The van der Waals surface area contributed by atoms with Crippen LogP contribution in [0.25, 0.3) is 0 Å². The maximum atomic E-state index is 12.6. The molecule has 2 heterocycles. The summed E-state index contributed by atoms with van der Waals surface area (Å²) >= 11 is 7.36. The van der Waals surface area contributed by atoms with E-state index in [9.17, 15) is 4.79 Å². The van der Waals surface area contributed by atoms with Crippen molar-refractivity contribution in [3.63, 3.8) is 0 Å². The molecular weight excluding hydrogens is 366 g/mol. The molecule has 1 atom stereocenters. The summed E-state index contributed by atoms with van der Waals surface area (Å²) in [7, 11) is 2.15. The number of thiocarbonyl (C=S) groups is 1. The normalized spacial score (nSPS) is 21.0. The molecule has 1 saturated heterocycles. The Labute approximate surface area is 165 Å². The largest absolute Gasteiger partial charge is 0.462 e. The van der Waals surface area contributed by atoms with Crippen LogP contribution in [0.3, 0.4) is 0 Å². The van der Waals surface area contributed by atoms with E-state index in [1.165, 1.54) is 10.4 Å². The first-order valence-corrected chi connectivity index (χ1v) is 10.8. The Bertz CT molecular complexity index is 674. The van der Waals surface area contributed by atoms with E-state index in [2.05, 4.69) is 29.1 Å². The van der Waals surface area contributed by atoms with E-state index in [0.29, 0.717) is 18.1 Å². The molecule has 1 N–H and O–H groups in total. The van der Waals surface area contributed by atoms with Crippen LogP contribution in [0.15, 0.2) is 0 Å². The predicted octanol–water partition coefficient (Wildman–Crippen LogP) is 3.38. The van der Waals surface area contributed by atoms with Crippen LogP contribution < -0.4 is 5.32 Å². The second-order valence-corrected chi connectivity index (χ2v) is 8.84. The van der Waals surface area contributed by atoms with Crippen LogP contribution in [0.4, 0.5) is 5.00 Å². The summed E-state index contributed by atoms with van der Waals surface area (Å²) in [5, 5.41) is 4.98. The lowest BCUT2D eigenvalue weighted by molar-refractivity contribution is 0.0526. The van der Waals surface area contributed by atoms with Crippen LogP contribution in [-0.2, 0) is 17.6 Å².